The molecule has 2 saturated heterocycles. The van der Waals surface area contributed by atoms with Crippen molar-refractivity contribution in [2.24, 2.45) is 0 Å². The maximum Gasteiger partial charge on any atom is 0.249 e. The summed E-state index contributed by atoms with van der Waals surface area (Å²) in [6.07, 6.45) is 1.57. The number of carbonyl (C=O) groups is 1. The maximum atomic E-state index is 11.9. The highest BCUT2D eigenvalue weighted by Gasteiger charge is 2.26. The van der Waals surface area contributed by atoms with Gasteiger partial charge in [-0.2, -0.15) is 0 Å². The van der Waals surface area contributed by atoms with Crippen molar-refractivity contribution in [1.82, 2.24) is 5.32 Å². The van der Waals surface area contributed by atoms with Crippen LogP contribution in [0.3, 0.4) is 0 Å². The van der Waals surface area contributed by atoms with Crippen LogP contribution in [-0.2, 0) is 14.3 Å². The molecule has 2 heterocycles. The fraction of sp³-hybridized carbons (Fsp3) is 0.562. The van der Waals surface area contributed by atoms with E-state index in [0.717, 1.165) is 25.9 Å². The molecule has 2 unspecified atom stereocenters. The zero-order chi connectivity index (χ0) is 14.5. The number of rotatable bonds is 4. The molecule has 5 nitrogen and oxygen atoms in total. The molecule has 3 rings (SSSR count). The lowest BCUT2D eigenvalue weighted by molar-refractivity contribution is -0.130. The van der Waals surface area contributed by atoms with Crippen LogP contribution in [0.2, 0.25) is 0 Å². The second-order valence-corrected chi connectivity index (χ2v) is 5.52. The highest BCUT2D eigenvalue weighted by atomic mass is 16.5. The van der Waals surface area contributed by atoms with Gasteiger partial charge >= 0.3 is 0 Å². The summed E-state index contributed by atoms with van der Waals surface area (Å²) in [6, 6.07) is 10.3. The highest BCUT2D eigenvalue weighted by molar-refractivity contribution is 5.80. The molecule has 0 saturated carbocycles. The van der Waals surface area contributed by atoms with Gasteiger partial charge in [0, 0.05) is 31.9 Å². The van der Waals surface area contributed by atoms with Crippen LogP contribution in [0.5, 0.6) is 0 Å². The van der Waals surface area contributed by atoms with E-state index in [2.05, 4.69) is 22.3 Å². The predicted octanol–water partition coefficient (Wildman–Crippen LogP) is 1.19. The van der Waals surface area contributed by atoms with Gasteiger partial charge in [0.15, 0.2) is 0 Å². The minimum atomic E-state index is -0.265. The number of benzene rings is 1. The van der Waals surface area contributed by atoms with Gasteiger partial charge in [0.2, 0.25) is 5.91 Å². The monoisotopic (exact) mass is 290 g/mol. The molecule has 0 radical (unpaired) electrons. The summed E-state index contributed by atoms with van der Waals surface area (Å²) >= 11 is 0. The smallest absolute Gasteiger partial charge is 0.249 e. The molecule has 0 bridgehead atoms. The molecule has 2 atom stereocenters. The van der Waals surface area contributed by atoms with Crippen LogP contribution in [0.4, 0.5) is 5.69 Å². The fourth-order valence-electron chi connectivity index (χ4n) is 2.83. The summed E-state index contributed by atoms with van der Waals surface area (Å²) in [4.78, 5) is 14.2. The van der Waals surface area contributed by atoms with Gasteiger partial charge in [-0.05, 0) is 25.0 Å². The topological polar surface area (TPSA) is 50.8 Å². The van der Waals surface area contributed by atoms with Crippen LogP contribution in [0.15, 0.2) is 30.3 Å². The summed E-state index contributed by atoms with van der Waals surface area (Å²) in [5.41, 5.74) is 1.20. The number of morpholine rings is 1. The third-order valence-electron chi connectivity index (χ3n) is 3.99. The number of anilines is 1. The number of hydrogen-bond acceptors (Lipinski definition) is 4. The van der Waals surface area contributed by atoms with Crippen molar-refractivity contribution in [1.29, 1.82) is 0 Å². The molecule has 1 aromatic carbocycles. The summed E-state index contributed by atoms with van der Waals surface area (Å²) in [6.45, 7) is 3.62. The first-order valence-electron chi connectivity index (χ1n) is 7.64. The average molecular weight is 290 g/mol. The number of carbonyl (C=O) groups excluding carboxylic acids is 1. The van der Waals surface area contributed by atoms with Crippen molar-refractivity contribution in [2.75, 3.05) is 37.7 Å². The second kappa shape index (κ2) is 6.91. The SMILES string of the molecule is O=C(NCC1CN(c2ccccc2)CCO1)C1CCCO1. The Bertz CT molecular complexity index is 460. The van der Waals surface area contributed by atoms with Crippen LogP contribution in [-0.4, -0.2) is 51.0 Å². The number of nitrogens with zero attached hydrogens (tertiary/aromatic N) is 1. The molecule has 0 aromatic heterocycles. The Labute approximate surface area is 125 Å². The molecular weight excluding hydrogens is 268 g/mol. The van der Waals surface area contributed by atoms with Gasteiger partial charge < -0.3 is 19.7 Å². The van der Waals surface area contributed by atoms with Gasteiger partial charge in [-0.15, -0.1) is 0 Å². The normalized spacial score (nSPS) is 25.8. The average Bonchev–Trinajstić information content (AvgIpc) is 3.08. The third-order valence-corrected chi connectivity index (χ3v) is 3.99. The molecule has 0 aliphatic carbocycles. The third kappa shape index (κ3) is 3.74. The van der Waals surface area contributed by atoms with Gasteiger partial charge in [0.25, 0.3) is 0 Å². The first-order valence-corrected chi connectivity index (χ1v) is 7.64. The van der Waals surface area contributed by atoms with E-state index < -0.39 is 0 Å². The Morgan fingerprint density at radius 3 is 2.86 bits per heavy atom. The second-order valence-electron chi connectivity index (χ2n) is 5.52. The first-order chi connectivity index (χ1) is 10.3. The van der Waals surface area contributed by atoms with Gasteiger partial charge in [-0.25, -0.2) is 0 Å². The van der Waals surface area contributed by atoms with E-state index in [-0.39, 0.29) is 18.1 Å². The van der Waals surface area contributed by atoms with Crippen LogP contribution < -0.4 is 10.2 Å². The number of nitrogens with one attached hydrogen (secondary N) is 1. The summed E-state index contributed by atoms with van der Waals surface area (Å²) in [7, 11) is 0. The number of hydrogen-bond donors (Lipinski definition) is 1. The lowest BCUT2D eigenvalue weighted by Gasteiger charge is -2.34. The van der Waals surface area contributed by atoms with Crippen molar-refractivity contribution in [3.8, 4) is 0 Å². The van der Waals surface area contributed by atoms with Crippen LogP contribution in [0.1, 0.15) is 12.8 Å². The highest BCUT2D eigenvalue weighted by Crippen LogP contribution is 2.17. The van der Waals surface area contributed by atoms with Gasteiger partial charge in [-0.1, -0.05) is 18.2 Å². The van der Waals surface area contributed by atoms with Gasteiger partial charge in [0.1, 0.15) is 6.10 Å². The molecule has 2 fully saturated rings. The van der Waals surface area contributed by atoms with E-state index in [0.29, 0.717) is 19.8 Å². The van der Waals surface area contributed by atoms with Crippen molar-refractivity contribution < 1.29 is 14.3 Å². The molecule has 1 aromatic rings. The quantitative estimate of drug-likeness (QED) is 0.905. The summed E-state index contributed by atoms with van der Waals surface area (Å²) in [5, 5.41) is 2.95. The molecule has 0 spiro atoms. The van der Waals surface area contributed by atoms with E-state index in [1.807, 2.05) is 18.2 Å². The lowest BCUT2D eigenvalue weighted by atomic mass is 10.2. The number of ether oxygens (including phenoxy) is 2. The van der Waals surface area contributed by atoms with E-state index in [4.69, 9.17) is 9.47 Å². The molecule has 2 aliphatic rings. The van der Waals surface area contributed by atoms with E-state index >= 15 is 0 Å². The van der Waals surface area contributed by atoms with Gasteiger partial charge in [-0.3, -0.25) is 4.79 Å². The predicted molar refractivity (Wildman–Crippen MR) is 80.4 cm³/mol. The zero-order valence-electron chi connectivity index (χ0n) is 12.2. The lowest BCUT2D eigenvalue weighted by Crippen LogP contribution is -2.48. The Hall–Kier alpha value is -1.59. The Balaban J connectivity index is 1.48. The molecule has 1 N–H and O–H groups in total. The summed E-state index contributed by atoms with van der Waals surface area (Å²) in [5.74, 6) is -0.00654. The molecular formula is C16H22N2O3. The van der Waals surface area contributed by atoms with E-state index in [1.54, 1.807) is 0 Å². The molecule has 2 aliphatic heterocycles. The van der Waals surface area contributed by atoms with Crippen LogP contribution in [0, 0.1) is 0 Å². The molecule has 114 valence electrons. The largest absolute Gasteiger partial charge is 0.373 e. The molecule has 1 amide bonds. The van der Waals surface area contributed by atoms with Crippen LogP contribution >= 0.6 is 0 Å². The van der Waals surface area contributed by atoms with Gasteiger partial charge in [0.05, 0.1) is 12.7 Å². The maximum absolute atomic E-state index is 11.9. The van der Waals surface area contributed by atoms with E-state index in [1.165, 1.54) is 5.69 Å². The fourth-order valence-corrected chi connectivity index (χ4v) is 2.83. The number of amides is 1. The van der Waals surface area contributed by atoms with Crippen LogP contribution in [0.25, 0.3) is 0 Å². The Morgan fingerprint density at radius 1 is 1.24 bits per heavy atom. The Kier molecular flexibility index (Phi) is 4.72. The molecule has 5 heteroatoms. The van der Waals surface area contributed by atoms with Crippen molar-refractivity contribution >= 4 is 11.6 Å². The summed E-state index contributed by atoms with van der Waals surface area (Å²) < 4.78 is 11.1. The van der Waals surface area contributed by atoms with E-state index in [9.17, 15) is 4.79 Å². The zero-order valence-corrected chi connectivity index (χ0v) is 12.2. The minimum Gasteiger partial charge on any atom is -0.373 e. The van der Waals surface area contributed by atoms with Crippen molar-refractivity contribution in [3.05, 3.63) is 30.3 Å². The Morgan fingerprint density at radius 2 is 2.10 bits per heavy atom. The van der Waals surface area contributed by atoms with Crippen molar-refractivity contribution in [2.45, 2.75) is 25.0 Å². The standard InChI is InChI=1S/C16H22N2O3/c19-16(15-7-4-9-21-15)17-11-14-12-18(8-10-20-14)13-5-2-1-3-6-13/h1-3,5-6,14-15H,4,7-12H2,(H,17,19). The molecule has 21 heavy (non-hydrogen) atoms. The van der Waals surface area contributed by atoms with Crippen molar-refractivity contribution in [3.63, 3.8) is 0 Å². The first kappa shape index (κ1) is 14.4. The number of para-hydroxylation sites is 1. The minimum absolute atomic E-state index is 0.00654.